The second-order valence-electron chi connectivity index (χ2n) is 7.83. The van der Waals surface area contributed by atoms with Crippen LogP contribution in [0, 0.1) is 6.92 Å². The summed E-state index contributed by atoms with van der Waals surface area (Å²) in [6.07, 6.45) is -3.53. The van der Waals surface area contributed by atoms with E-state index in [2.05, 4.69) is 13.2 Å². The molecule has 4 nitrogen and oxygen atoms in total. The third-order valence-corrected chi connectivity index (χ3v) is 6.50. The predicted molar refractivity (Wildman–Crippen MR) is 124 cm³/mol. The lowest BCUT2D eigenvalue weighted by atomic mass is 10.00. The lowest BCUT2D eigenvalue weighted by molar-refractivity contribution is -0.140. The summed E-state index contributed by atoms with van der Waals surface area (Å²) in [4.78, 5) is 23.4. The van der Waals surface area contributed by atoms with Crippen LogP contribution in [0.2, 0.25) is 0 Å². The Morgan fingerprint density at radius 2 is 1.58 bits per heavy atom. The standard InChI is InChI=1S/C25H23F3O4S/c1-13(2)23(29)31-12-6-7-16-8-9-17-18-10-11-19(32-24(30)14(3)4)20(25(26,27)28)22(18)33-21(17)15(16)5/h8-11H,1,3,6-7,12H2,2,4-5H3. The molecule has 0 atom stereocenters. The Bertz CT molecular complexity index is 1280. The van der Waals surface area contributed by atoms with E-state index >= 15 is 0 Å². The lowest BCUT2D eigenvalue weighted by Crippen LogP contribution is -2.14. The third-order valence-electron chi connectivity index (χ3n) is 5.14. The third kappa shape index (κ3) is 5.11. The molecule has 2 aromatic carbocycles. The molecule has 0 aliphatic rings. The van der Waals surface area contributed by atoms with E-state index in [0.717, 1.165) is 27.2 Å². The van der Waals surface area contributed by atoms with Gasteiger partial charge in [0, 0.05) is 26.6 Å². The molecule has 1 heterocycles. The maximum atomic E-state index is 14.0. The molecular formula is C25H23F3O4S. The highest BCUT2D eigenvalue weighted by molar-refractivity contribution is 7.26. The van der Waals surface area contributed by atoms with Crippen LogP contribution in [-0.4, -0.2) is 18.5 Å². The molecule has 0 bridgehead atoms. The maximum Gasteiger partial charge on any atom is 0.421 e. The molecule has 0 aliphatic heterocycles. The Hall–Kier alpha value is -3.13. The highest BCUT2D eigenvalue weighted by Gasteiger charge is 2.38. The van der Waals surface area contributed by atoms with Gasteiger partial charge >= 0.3 is 18.1 Å². The van der Waals surface area contributed by atoms with Gasteiger partial charge in [-0.3, -0.25) is 0 Å². The average molecular weight is 477 g/mol. The zero-order valence-corrected chi connectivity index (χ0v) is 19.3. The first kappa shape index (κ1) is 24.5. The zero-order valence-electron chi connectivity index (χ0n) is 18.5. The van der Waals surface area contributed by atoms with Crippen molar-refractivity contribution in [3.63, 3.8) is 0 Å². The number of rotatable bonds is 7. The average Bonchev–Trinajstić information content (AvgIpc) is 3.10. The van der Waals surface area contributed by atoms with Gasteiger partial charge in [0.15, 0.2) is 0 Å². The van der Waals surface area contributed by atoms with Gasteiger partial charge in [0.1, 0.15) is 11.3 Å². The van der Waals surface area contributed by atoms with E-state index in [0.29, 0.717) is 29.2 Å². The van der Waals surface area contributed by atoms with E-state index in [1.807, 2.05) is 13.0 Å². The summed E-state index contributed by atoms with van der Waals surface area (Å²) in [7, 11) is 0. The summed E-state index contributed by atoms with van der Waals surface area (Å²) in [5.41, 5.74) is 1.19. The van der Waals surface area contributed by atoms with E-state index in [1.165, 1.54) is 13.0 Å². The quantitative estimate of drug-likeness (QED) is 0.161. The molecule has 1 aromatic heterocycles. The topological polar surface area (TPSA) is 52.6 Å². The number of fused-ring (bicyclic) bond motifs is 3. The molecule has 3 rings (SSSR count). The summed E-state index contributed by atoms with van der Waals surface area (Å²) in [6, 6.07) is 6.40. The molecule has 0 saturated carbocycles. The maximum absolute atomic E-state index is 14.0. The van der Waals surface area contributed by atoms with Gasteiger partial charge in [-0.15, -0.1) is 11.3 Å². The SMILES string of the molecule is C=C(C)C(=O)OCCCc1ccc2c(sc3c(C(F)(F)F)c(OC(=O)C(=C)C)ccc32)c1C. The van der Waals surface area contributed by atoms with Gasteiger partial charge < -0.3 is 9.47 Å². The normalized spacial score (nSPS) is 11.6. The van der Waals surface area contributed by atoms with Gasteiger partial charge in [0.2, 0.25) is 0 Å². The van der Waals surface area contributed by atoms with Crippen LogP contribution >= 0.6 is 11.3 Å². The van der Waals surface area contributed by atoms with Crippen LogP contribution in [0.1, 0.15) is 37.0 Å². The first-order valence-corrected chi connectivity index (χ1v) is 11.0. The minimum Gasteiger partial charge on any atom is -0.462 e. The minimum atomic E-state index is -4.71. The molecule has 0 N–H and O–H groups in total. The summed E-state index contributed by atoms with van der Waals surface area (Å²) in [5.74, 6) is -1.90. The summed E-state index contributed by atoms with van der Waals surface area (Å²) < 4.78 is 52.9. The van der Waals surface area contributed by atoms with Crippen LogP contribution in [0.5, 0.6) is 5.75 Å². The lowest BCUT2D eigenvalue weighted by Gasteiger charge is -2.13. The summed E-state index contributed by atoms with van der Waals surface area (Å²) in [6.45, 7) is 12.0. The van der Waals surface area contributed by atoms with Crippen molar-refractivity contribution in [3.8, 4) is 5.75 Å². The van der Waals surface area contributed by atoms with Crippen LogP contribution < -0.4 is 4.74 Å². The number of hydrogen-bond acceptors (Lipinski definition) is 5. The molecule has 0 spiro atoms. The van der Waals surface area contributed by atoms with Gasteiger partial charge in [0.25, 0.3) is 0 Å². The van der Waals surface area contributed by atoms with Crippen LogP contribution in [0.15, 0.2) is 48.6 Å². The molecule has 174 valence electrons. The number of ether oxygens (including phenoxy) is 2. The van der Waals surface area contributed by atoms with E-state index in [4.69, 9.17) is 9.47 Å². The fourth-order valence-electron chi connectivity index (χ4n) is 3.42. The second kappa shape index (κ2) is 9.39. The van der Waals surface area contributed by atoms with Gasteiger partial charge in [-0.1, -0.05) is 25.3 Å². The Morgan fingerprint density at radius 3 is 2.18 bits per heavy atom. The van der Waals surface area contributed by atoms with Crippen LogP contribution in [0.3, 0.4) is 0 Å². The molecule has 0 amide bonds. The van der Waals surface area contributed by atoms with Gasteiger partial charge in [-0.2, -0.15) is 13.2 Å². The van der Waals surface area contributed by atoms with Crippen molar-refractivity contribution in [2.45, 2.75) is 39.8 Å². The number of halogens is 3. The van der Waals surface area contributed by atoms with E-state index < -0.39 is 29.4 Å². The molecule has 0 unspecified atom stereocenters. The number of thiophene rings is 1. The van der Waals surface area contributed by atoms with Crippen LogP contribution in [-0.2, 0) is 26.9 Å². The monoisotopic (exact) mass is 476 g/mol. The van der Waals surface area contributed by atoms with E-state index in [-0.39, 0.29) is 16.9 Å². The van der Waals surface area contributed by atoms with Crippen LogP contribution in [0.4, 0.5) is 13.2 Å². The summed E-state index contributed by atoms with van der Waals surface area (Å²) >= 11 is 1.02. The molecule has 3 aromatic rings. The number of hydrogen-bond donors (Lipinski definition) is 0. The summed E-state index contributed by atoms with van der Waals surface area (Å²) in [5, 5.41) is 1.15. The number of carbonyl (C=O) groups excluding carboxylic acids is 2. The molecule has 8 heteroatoms. The fraction of sp³-hybridized carbons (Fsp3) is 0.280. The number of esters is 2. The van der Waals surface area contributed by atoms with Gasteiger partial charge in [-0.05, 0) is 56.9 Å². The van der Waals surface area contributed by atoms with Crippen molar-refractivity contribution in [1.82, 2.24) is 0 Å². The number of benzene rings is 2. The van der Waals surface area contributed by atoms with E-state index in [9.17, 15) is 22.8 Å². The zero-order chi connectivity index (χ0) is 24.5. The van der Waals surface area contributed by atoms with Crippen molar-refractivity contribution in [2.75, 3.05) is 6.61 Å². The Labute approximate surface area is 193 Å². The van der Waals surface area contributed by atoms with Crippen molar-refractivity contribution in [2.24, 2.45) is 0 Å². The highest BCUT2D eigenvalue weighted by Crippen LogP contribution is 2.47. The minimum absolute atomic E-state index is 0.00831. The number of alkyl halides is 3. The molecule has 0 radical (unpaired) electrons. The second-order valence-corrected chi connectivity index (χ2v) is 8.85. The highest BCUT2D eigenvalue weighted by atomic mass is 32.1. The van der Waals surface area contributed by atoms with Crippen molar-refractivity contribution < 1.29 is 32.2 Å². The van der Waals surface area contributed by atoms with Gasteiger partial charge in [0.05, 0.1) is 11.3 Å². The number of aryl methyl sites for hydroxylation is 2. The number of carbonyl (C=O) groups is 2. The Kier molecular flexibility index (Phi) is 6.97. The molecule has 0 saturated heterocycles. The fourth-order valence-corrected chi connectivity index (χ4v) is 4.81. The van der Waals surface area contributed by atoms with E-state index in [1.54, 1.807) is 19.1 Å². The molecule has 0 fully saturated rings. The molecule has 33 heavy (non-hydrogen) atoms. The van der Waals surface area contributed by atoms with Crippen molar-refractivity contribution in [1.29, 1.82) is 0 Å². The van der Waals surface area contributed by atoms with Crippen molar-refractivity contribution in [3.05, 3.63) is 65.3 Å². The Morgan fingerprint density at radius 1 is 0.970 bits per heavy atom. The predicted octanol–water partition coefficient (Wildman–Crippen LogP) is 6.92. The first-order valence-electron chi connectivity index (χ1n) is 10.2. The molecule has 0 aliphatic carbocycles. The first-order chi connectivity index (χ1) is 15.4. The smallest absolute Gasteiger partial charge is 0.421 e. The van der Waals surface area contributed by atoms with Crippen molar-refractivity contribution >= 4 is 43.4 Å². The Balaban J connectivity index is 2.01. The van der Waals surface area contributed by atoms with Gasteiger partial charge in [-0.25, -0.2) is 9.59 Å². The largest absolute Gasteiger partial charge is 0.462 e. The molecular weight excluding hydrogens is 453 g/mol. The van der Waals surface area contributed by atoms with Crippen LogP contribution in [0.25, 0.3) is 20.2 Å².